The molecule has 1 fully saturated rings. The van der Waals surface area contributed by atoms with E-state index in [0.29, 0.717) is 6.04 Å². The summed E-state index contributed by atoms with van der Waals surface area (Å²) in [5.74, 6) is 1.11. The van der Waals surface area contributed by atoms with Crippen molar-refractivity contribution in [3.63, 3.8) is 0 Å². The first-order valence-corrected chi connectivity index (χ1v) is 5.49. The molecule has 0 atom stereocenters. The lowest BCUT2D eigenvalue weighted by atomic mass is 10.1. The summed E-state index contributed by atoms with van der Waals surface area (Å²) < 4.78 is 0. The predicted molar refractivity (Wildman–Crippen MR) is 61.0 cm³/mol. The molecule has 0 saturated carbocycles. The van der Waals surface area contributed by atoms with Crippen molar-refractivity contribution >= 4 is 5.82 Å². The zero-order chi connectivity index (χ0) is 11.4. The molecule has 0 unspecified atom stereocenters. The highest BCUT2D eigenvalue weighted by atomic mass is 15.2. The lowest BCUT2D eigenvalue weighted by Crippen LogP contribution is -2.41. The molecule has 1 saturated heterocycles. The van der Waals surface area contributed by atoms with Gasteiger partial charge in [0.25, 0.3) is 0 Å². The Balaban J connectivity index is 2.05. The van der Waals surface area contributed by atoms with E-state index in [9.17, 15) is 0 Å². The van der Waals surface area contributed by atoms with Crippen molar-refractivity contribution in [1.29, 1.82) is 5.26 Å². The number of nitriles is 1. The second-order valence-corrected chi connectivity index (χ2v) is 3.90. The maximum absolute atomic E-state index is 8.74. The molecule has 5 nitrogen and oxygen atoms in total. The number of piperidine rings is 1. The molecule has 5 heteroatoms. The lowest BCUT2D eigenvalue weighted by molar-refractivity contribution is 0.440. The first-order chi connectivity index (χ1) is 7.83. The molecule has 0 amide bonds. The zero-order valence-electron chi connectivity index (χ0n) is 9.35. The van der Waals surface area contributed by atoms with E-state index in [2.05, 4.69) is 20.2 Å². The molecule has 2 heterocycles. The third kappa shape index (κ3) is 2.28. The summed E-state index contributed by atoms with van der Waals surface area (Å²) in [5.41, 5.74) is 0. The van der Waals surface area contributed by atoms with Crippen LogP contribution >= 0.6 is 0 Å². The van der Waals surface area contributed by atoms with Crippen LogP contribution < -0.4 is 10.2 Å². The minimum absolute atomic E-state index is 0.244. The fourth-order valence-electron chi connectivity index (χ4n) is 1.98. The minimum atomic E-state index is 0.244. The van der Waals surface area contributed by atoms with Crippen molar-refractivity contribution in [2.75, 3.05) is 25.0 Å². The van der Waals surface area contributed by atoms with Gasteiger partial charge in [-0.3, -0.25) is 0 Å². The van der Waals surface area contributed by atoms with Gasteiger partial charge < -0.3 is 10.2 Å². The van der Waals surface area contributed by atoms with Crippen molar-refractivity contribution in [3.05, 3.63) is 18.1 Å². The first-order valence-electron chi connectivity index (χ1n) is 5.49. The van der Waals surface area contributed by atoms with Crippen LogP contribution in [0.25, 0.3) is 0 Å². The Morgan fingerprint density at radius 3 is 2.88 bits per heavy atom. The van der Waals surface area contributed by atoms with Crippen molar-refractivity contribution in [3.8, 4) is 6.07 Å². The van der Waals surface area contributed by atoms with Crippen molar-refractivity contribution < 1.29 is 0 Å². The molecule has 0 bridgehead atoms. The van der Waals surface area contributed by atoms with Crippen LogP contribution in [-0.2, 0) is 0 Å². The third-order valence-electron chi connectivity index (χ3n) is 2.97. The van der Waals surface area contributed by atoms with Crippen molar-refractivity contribution in [2.45, 2.75) is 18.9 Å². The normalized spacial score (nSPS) is 17.1. The van der Waals surface area contributed by atoms with E-state index in [4.69, 9.17) is 5.26 Å². The van der Waals surface area contributed by atoms with Crippen LogP contribution in [0.4, 0.5) is 5.82 Å². The van der Waals surface area contributed by atoms with Gasteiger partial charge >= 0.3 is 0 Å². The summed E-state index contributed by atoms with van der Waals surface area (Å²) >= 11 is 0. The Hall–Kier alpha value is -1.67. The molecule has 16 heavy (non-hydrogen) atoms. The summed E-state index contributed by atoms with van der Waals surface area (Å²) in [6, 6.07) is 4.43. The van der Waals surface area contributed by atoms with Gasteiger partial charge in [-0.1, -0.05) is 0 Å². The second kappa shape index (κ2) is 4.90. The van der Waals surface area contributed by atoms with Gasteiger partial charge in [-0.2, -0.15) is 5.26 Å². The van der Waals surface area contributed by atoms with Gasteiger partial charge in [-0.25, -0.2) is 9.97 Å². The van der Waals surface area contributed by atoms with E-state index in [1.165, 1.54) is 0 Å². The van der Waals surface area contributed by atoms with Gasteiger partial charge in [0.15, 0.2) is 0 Å². The van der Waals surface area contributed by atoms with E-state index in [-0.39, 0.29) is 5.82 Å². The van der Waals surface area contributed by atoms with Gasteiger partial charge in [0.1, 0.15) is 11.9 Å². The van der Waals surface area contributed by atoms with Gasteiger partial charge in [0, 0.05) is 25.3 Å². The number of nitrogens with one attached hydrogen (secondary N) is 1. The van der Waals surface area contributed by atoms with Crippen LogP contribution in [0.1, 0.15) is 18.7 Å². The highest BCUT2D eigenvalue weighted by Crippen LogP contribution is 2.17. The van der Waals surface area contributed by atoms with Crippen LogP contribution in [0.5, 0.6) is 0 Å². The minimum Gasteiger partial charge on any atom is -0.356 e. The number of aromatic nitrogens is 2. The molecular weight excluding hydrogens is 202 g/mol. The molecule has 84 valence electrons. The Morgan fingerprint density at radius 2 is 2.25 bits per heavy atom. The average Bonchev–Trinajstić information content (AvgIpc) is 2.39. The zero-order valence-corrected chi connectivity index (χ0v) is 9.35. The monoisotopic (exact) mass is 217 g/mol. The largest absolute Gasteiger partial charge is 0.356 e. The molecule has 0 aromatic carbocycles. The average molecular weight is 217 g/mol. The van der Waals surface area contributed by atoms with E-state index in [1.807, 2.05) is 19.2 Å². The Kier molecular flexibility index (Phi) is 3.32. The fourth-order valence-corrected chi connectivity index (χ4v) is 1.98. The summed E-state index contributed by atoms with van der Waals surface area (Å²) in [6.45, 7) is 1.96. The fraction of sp³-hybridized carbons (Fsp3) is 0.545. The summed E-state index contributed by atoms with van der Waals surface area (Å²) in [7, 11) is 2.00. The maximum atomic E-state index is 8.74. The molecule has 1 aliphatic heterocycles. The topological polar surface area (TPSA) is 64.8 Å². The molecular formula is C11H15N5. The van der Waals surface area contributed by atoms with Crippen molar-refractivity contribution in [2.24, 2.45) is 0 Å². The molecule has 1 N–H and O–H groups in total. The van der Waals surface area contributed by atoms with E-state index >= 15 is 0 Å². The summed E-state index contributed by atoms with van der Waals surface area (Å²) in [5, 5.41) is 12.0. The Morgan fingerprint density at radius 1 is 1.50 bits per heavy atom. The number of anilines is 1. The highest BCUT2D eigenvalue weighted by molar-refractivity contribution is 5.39. The first kappa shape index (κ1) is 10.8. The summed E-state index contributed by atoms with van der Waals surface area (Å²) in [6.07, 6.45) is 3.87. The Labute approximate surface area is 95.1 Å². The molecule has 1 aromatic heterocycles. The molecule has 0 aliphatic carbocycles. The molecule has 1 aliphatic rings. The number of rotatable bonds is 2. The summed E-state index contributed by atoms with van der Waals surface area (Å²) in [4.78, 5) is 10.3. The predicted octanol–water partition coefficient (Wildman–Crippen LogP) is 0.536. The number of hydrogen-bond acceptors (Lipinski definition) is 5. The lowest BCUT2D eigenvalue weighted by Gasteiger charge is -2.32. The third-order valence-corrected chi connectivity index (χ3v) is 2.97. The van der Waals surface area contributed by atoms with Gasteiger partial charge in [0.05, 0.1) is 0 Å². The second-order valence-electron chi connectivity index (χ2n) is 3.90. The van der Waals surface area contributed by atoms with Crippen LogP contribution in [-0.4, -0.2) is 36.1 Å². The van der Waals surface area contributed by atoms with Gasteiger partial charge in [-0.15, -0.1) is 0 Å². The number of nitrogens with zero attached hydrogens (tertiary/aromatic N) is 4. The SMILES string of the molecule is CNC1CCN(c2ccnc(C#N)n2)CC1. The van der Waals surface area contributed by atoms with Gasteiger partial charge in [0.2, 0.25) is 5.82 Å². The molecule has 0 radical (unpaired) electrons. The van der Waals surface area contributed by atoms with Crippen LogP contribution in [0.2, 0.25) is 0 Å². The van der Waals surface area contributed by atoms with Gasteiger partial charge in [-0.05, 0) is 26.0 Å². The molecule has 0 spiro atoms. The standard InChI is InChI=1S/C11H15N5/c1-13-9-3-6-16(7-4-9)11-2-5-14-10(8-12)15-11/h2,5,9,13H,3-4,6-7H2,1H3. The number of hydrogen-bond donors (Lipinski definition) is 1. The molecule has 1 aromatic rings. The van der Waals surface area contributed by atoms with Crippen molar-refractivity contribution in [1.82, 2.24) is 15.3 Å². The van der Waals surface area contributed by atoms with Crippen LogP contribution in [0, 0.1) is 11.3 Å². The Bertz CT molecular complexity index is 390. The van der Waals surface area contributed by atoms with Crippen LogP contribution in [0.3, 0.4) is 0 Å². The highest BCUT2D eigenvalue weighted by Gasteiger charge is 2.18. The van der Waals surface area contributed by atoms with Crippen LogP contribution in [0.15, 0.2) is 12.3 Å². The van der Waals surface area contributed by atoms with E-state index < -0.39 is 0 Å². The van der Waals surface area contributed by atoms with E-state index in [0.717, 1.165) is 31.7 Å². The maximum Gasteiger partial charge on any atom is 0.234 e. The quantitative estimate of drug-likeness (QED) is 0.783. The smallest absolute Gasteiger partial charge is 0.234 e. The van der Waals surface area contributed by atoms with E-state index in [1.54, 1.807) is 6.20 Å². The molecule has 2 rings (SSSR count).